The van der Waals surface area contributed by atoms with Gasteiger partial charge in [0.15, 0.2) is 0 Å². The molecule has 1 N–H and O–H groups in total. The van der Waals surface area contributed by atoms with Crippen molar-refractivity contribution in [3.63, 3.8) is 0 Å². The van der Waals surface area contributed by atoms with Gasteiger partial charge in [0.2, 0.25) is 5.91 Å². The third kappa shape index (κ3) is 5.41. The zero-order chi connectivity index (χ0) is 20.8. The number of likely N-dealkylation sites (tertiary alicyclic amines) is 1. The van der Waals surface area contributed by atoms with E-state index >= 15 is 0 Å². The number of pyridine rings is 1. The molecular formula is C23H29N3O3. The largest absolute Gasteiger partial charge is 0.375 e. The van der Waals surface area contributed by atoms with Gasteiger partial charge in [-0.05, 0) is 44.4 Å². The summed E-state index contributed by atoms with van der Waals surface area (Å²) in [6, 6.07) is 11.9. The lowest BCUT2D eigenvalue weighted by Gasteiger charge is -2.32. The summed E-state index contributed by atoms with van der Waals surface area (Å²) in [6.45, 7) is 5.89. The average Bonchev–Trinajstić information content (AvgIpc) is 2.73. The topological polar surface area (TPSA) is 71.5 Å². The van der Waals surface area contributed by atoms with Gasteiger partial charge in [0.1, 0.15) is 6.61 Å². The molecule has 0 radical (unpaired) electrons. The predicted octanol–water partition coefficient (Wildman–Crippen LogP) is 2.98. The number of rotatable bonds is 6. The third-order valence-electron chi connectivity index (χ3n) is 5.38. The van der Waals surface area contributed by atoms with Gasteiger partial charge < -0.3 is 15.0 Å². The van der Waals surface area contributed by atoms with Crippen LogP contribution in [0, 0.1) is 13.8 Å². The molecule has 0 bridgehead atoms. The van der Waals surface area contributed by atoms with Crippen LogP contribution in [-0.4, -0.2) is 48.5 Å². The molecule has 0 aliphatic carbocycles. The maximum Gasteiger partial charge on any atom is 0.253 e. The van der Waals surface area contributed by atoms with E-state index < -0.39 is 0 Å². The maximum atomic E-state index is 12.9. The summed E-state index contributed by atoms with van der Waals surface area (Å²) in [6.07, 6.45) is 1.59. The Labute approximate surface area is 172 Å². The second-order valence-corrected chi connectivity index (χ2v) is 7.64. The van der Waals surface area contributed by atoms with Crippen molar-refractivity contribution in [1.29, 1.82) is 0 Å². The molecule has 1 aliphatic rings. The van der Waals surface area contributed by atoms with Gasteiger partial charge in [0, 0.05) is 38.4 Å². The minimum Gasteiger partial charge on any atom is -0.375 e. The molecule has 0 atom stereocenters. The van der Waals surface area contributed by atoms with E-state index in [9.17, 15) is 9.59 Å². The smallest absolute Gasteiger partial charge is 0.253 e. The van der Waals surface area contributed by atoms with Crippen LogP contribution in [0.25, 0.3) is 0 Å². The van der Waals surface area contributed by atoms with Crippen molar-refractivity contribution in [2.75, 3.05) is 26.8 Å². The molecule has 1 aromatic heterocycles. The fraction of sp³-hybridized carbons (Fsp3) is 0.435. The average molecular weight is 396 g/mol. The lowest BCUT2D eigenvalue weighted by molar-refractivity contribution is -0.136. The van der Waals surface area contributed by atoms with E-state index in [2.05, 4.69) is 5.32 Å². The number of carbonyl (C=O) groups is 2. The maximum absolute atomic E-state index is 12.9. The Hall–Kier alpha value is -2.73. The number of amides is 2. The fourth-order valence-electron chi connectivity index (χ4n) is 3.68. The molecule has 6 nitrogen and oxygen atoms in total. The molecule has 1 fully saturated rings. The van der Waals surface area contributed by atoms with E-state index in [1.165, 1.54) is 12.7 Å². The molecule has 154 valence electrons. The Morgan fingerprint density at radius 3 is 2.45 bits per heavy atom. The molecule has 3 rings (SSSR count). The minimum atomic E-state index is -0.106. The second kappa shape index (κ2) is 9.65. The Bertz CT molecular complexity index is 856. The highest BCUT2D eigenvalue weighted by atomic mass is 16.5. The molecular weight excluding hydrogens is 366 g/mol. The number of nitrogens with zero attached hydrogens (tertiary/aromatic N) is 2. The number of piperidine rings is 1. The first-order chi connectivity index (χ1) is 14.0. The van der Waals surface area contributed by atoms with Crippen LogP contribution in [0.5, 0.6) is 0 Å². The van der Waals surface area contributed by atoms with Gasteiger partial charge in [-0.15, -0.1) is 0 Å². The molecule has 2 heterocycles. The van der Waals surface area contributed by atoms with Gasteiger partial charge in [-0.3, -0.25) is 14.6 Å². The summed E-state index contributed by atoms with van der Waals surface area (Å²) in [7, 11) is 1.53. The second-order valence-electron chi connectivity index (χ2n) is 7.64. The van der Waals surface area contributed by atoms with Crippen molar-refractivity contribution < 1.29 is 14.3 Å². The molecule has 2 aromatic rings. The molecule has 0 saturated carbocycles. The van der Waals surface area contributed by atoms with E-state index in [1.54, 1.807) is 0 Å². The van der Waals surface area contributed by atoms with Crippen LogP contribution in [-0.2, 0) is 16.1 Å². The highest BCUT2D eigenvalue weighted by molar-refractivity contribution is 5.95. The van der Waals surface area contributed by atoms with E-state index in [-0.39, 0.29) is 24.3 Å². The number of carbonyl (C=O) groups excluding carboxylic acids is 2. The van der Waals surface area contributed by atoms with Crippen LogP contribution in [0.2, 0.25) is 0 Å². The number of nitrogens with one attached hydrogen (secondary N) is 1. The molecule has 29 heavy (non-hydrogen) atoms. The Morgan fingerprint density at radius 1 is 1.10 bits per heavy atom. The van der Waals surface area contributed by atoms with Crippen LogP contribution < -0.4 is 5.32 Å². The quantitative estimate of drug-likeness (QED) is 0.816. The number of ether oxygens (including phenoxy) is 1. The first-order valence-corrected chi connectivity index (χ1v) is 10.1. The first kappa shape index (κ1) is 21.0. The summed E-state index contributed by atoms with van der Waals surface area (Å²) in [5.74, 6) is 0.0757. The predicted molar refractivity (Wildman–Crippen MR) is 112 cm³/mol. The highest BCUT2D eigenvalue weighted by Crippen LogP contribution is 2.29. The zero-order valence-corrected chi connectivity index (χ0v) is 17.4. The zero-order valence-electron chi connectivity index (χ0n) is 17.4. The number of methoxy groups -OCH3 is 1. The monoisotopic (exact) mass is 395 g/mol. The Morgan fingerprint density at radius 2 is 1.79 bits per heavy atom. The Balaban J connectivity index is 1.68. The summed E-state index contributed by atoms with van der Waals surface area (Å²) in [5.41, 5.74) is 4.62. The summed E-state index contributed by atoms with van der Waals surface area (Å²) < 4.78 is 4.95. The number of hydrogen-bond acceptors (Lipinski definition) is 4. The van der Waals surface area contributed by atoms with Gasteiger partial charge in [0.25, 0.3) is 5.91 Å². The number of benzene rings is 1. The van der Waals surface area contributed by atoms with Gasteiger partial charge in [0.05, 0.1) is 11.3 Å². The minimum absolute atomic E-state index is 0.0132. The highest BCUT2D eigenvalue weighted by Gasteiger charge is 2.27. The Kier molecular flexibility index (Phi) is 6.99. The van der Waals surface area contributed by atoms with Crippen LogP contribution >= 0.6 is 0 Å². The van der Waals surface area contributed by atoms with Crippen LogP contribution in [0.15, 0.2) is 36.4 Å². The lowest BCUT2D eigenvalue weighted by Crippen LogP contribution is -2.40. The standard InChI is InChI=1S/C23H29N3O3/c1-16-4-7-18(8-5-16)14-24-23(28)20-9-6-17(2)25-22(20)19-10-12-26(13-11-19)21(27)15-29-3/h4-9,19H,10-15H2,1-3H3,(H,24,28). The molecule has 1 aromatic carbocycles. The summed E-state index contributed by atoms with van der Waals surface area (Å²) in [4.78, 5) is 31.4. The van der Waals surface area contributed by atoms with E-state index in [4.69, 9.17) is 9.72 Å². The van der Waals surface area contributed by atoms with E-state index in [1.807, 2.05) is 55.1 Å². The molecule has 6 heteroatoms. The summed E-state index contributed by atoms with van der Waals surface area (Å²) >= 11 is 0. The number of aromatic nitrogens is 1. The normalized spacial score (nSPS) is 14.7. The first-order valence-electron chi connectivity index (χ1n) is 10.1. The van der Waals surface area contributed by atoms with Gasteiger partial charge in [-0.25, -0.2) is 0 Å². The van der Waals surface area contributed by atoms with Crippen molar-refractivity contribution in [3.05, 3.63) is 64.5 Å². The SMILES string of the molecule is COCC(=O)N1CCC(c2nc(C)ccc2C(=O)NCc2ccc(C)cc2)CC1. The van der Waals surface area contributed by atoms with Crippen LogP contribution in [0.3, 0.4) is 0 Å². The van der Waals surface area contributed by atoms with Crippen LogP contribution in [0.4, 0.5) is 0 Å². The van der Waals surface area contributed by atoms with Crippen molar-refractivity contribution in [2.24, 2.45) is 0 Å². The van der Waals surface area contributed by atoms with Crippen molar-refractivity contribution in [3.8, 4) is 0 Å². The van der Waals surface area contributed by atoms with Crippen molar-refractivity contribution in [2.45, 2.75) is 39.2 Å². The molecule has 0 spiro atoms. The molecule has 1 aliphatic heterocycles. The molecule has 1 saturated heterocycles. The summed E-state index contributed by atoms with van der Waals surface area (Å²) in [5, 5.41) is 3.02. The van der Waals surface area contributed by atoms with Crippen molar-refractivity contribution >= 4 is 11.8 Å². The van der Waals surface area contributed by atoms with Gasteiger partial charge in [-0.2, -0.15) is 0 Å². The van der Waals surface area contributed by atoms with Crippen molar-refractivity contribution in [1.82, 2.24) is 15.2 Å². The van der Waals surface area contributed by atoms with Gasteiger partial charge >= 0.3 is 0 Å². The van der Waals surface area contributed by atoms with Crippen LogP contribution in [0.1, 0.15) is 51.6 Å². The fourth-order valence-corrected chi connectivity index (χ4v) is 3.68. The number of hydrogen-bond donors (Lipinski definition) is 1. The van der Waals surface area contributed by atoms with E-state index in [0.29, 0.717) is 25.2 Å². The number of aryl methyl sites for hydroxylation is 2. The molecule has 2 amide bonds. The van der Waals surface area contributed by atoms with Gasteiger partial charge in [-0.1, -0.05) is 29.8 Å². The molecule has 0 unspecified atom stereocenters. The lowest BCUT2D eigenvalue weighted by atomic mass is 9.89. The third-order valence-corrected chi connectivity index (χ3v) is 5.38. The van der Waals surface area contributed by atoms with E-state index in [0.717, 1.165) is 29.8 Å².